The maximum Gasteiger partial charge on any atom is 0.207 e. The van der Waals surface area contributed by atoms with Gasteiger partial charge in [0, 0.05) is 11.1 Å². The number of carbonyl (C=O) groups excluding carboxylic acids is 1. The van der Waals surface area contributed by atoms with Crippen LogP contribution in [0.5, 0.6) is 0 Å². The maximum absolute atomic E-state index is 11.2. The number of fused-ring (bicyclic) bond motifs is 1. The minimum Gasteiger partial charge on any atom is -0.370 e. The number of likely N-dealkylation sites (N-methyl/N-ethyl adjacent to an activating group) is 1. The number of rotatable bonds is 5. The average Bonchev–Trinajstić information content (AvgIpc) is 2.99. The van der Waals surface area contributed by atoms with Gasteiger partial charge in [-0.05, 0) is 97.9 Å². The zero-order valence-electron chi connectivity index (χ0n) is 17.5. The van der Waals surface area contributed by atoms with E-state index < -0.39 is 0 Å². The molecule has 1 heterocycles. The van der Waals surface area contributed by atoms with E-state index in [9.17, 15) is 4.79 Å². The Hall–Kier alpha value is -0.870. The minimum absolute atomic E-state index is 0.00225. The highest BCUT2D eigenvalue weighted by molar-refractivity contribution is 5.48. The van der Waals surface area contributed by atoms with Gasteiger partial charge in [0.15, 0.2) is 0 Å². The fraction of sp³-hybridized carbons (Fsp3) is 0.864. The number of hydrogen-bond donors (Lipinski definition) is 2. The van der Waals surface area contributed by atoms with Crippen LogP contribution in [0.3, 0.4) is 0 Å². The van der Waals surface area contributed by atoms with Crippen molar-refractivity contribution in [1.82, 2.24) is 10.6 Å². The van der Waals surface area contributed by atoms with Crippen LogP contribution in [0, 0.1) is 17.8 Å². The first-order valence-corrected chi connectivity index (χ1v) is 10.4. The summed E-state index contributed by atoms with van der Waals surface area (Å²) < 4.78 is 6.77. The van der Waals surface area contributed by atoms with Gasteiger partial charge >= 0.3 is 0 Å². The maximum atomic E-state index is 11.2. The number of hydrogen-bond acceptors (Lipinski definition) is 3. The molecule has 0 aromatic heterocycles. The molecule has 4 heteroatoms. The van der Waals surface area contributed by atoms with Gasteiger partial charge in [-0.15, -0.1) is 0 Å². The Kier molecular flexibility index (Phi) is 5.31. The van der Waals surface area contributed by atoms with Gasteiger partial charge in [-0.1, -0.05) is 11.6 Å². The quantitative estimate of drug-likeness (QED) is 0.577. The molecule has 1 saturated heterocycles. The van der Waals surface area contributed by atoms with Crippen molar-refractivity contribution in [3.8, 4) is 0 Å². The standard InChI is InChI=1S/C22H38N2O2/c1-15-7-8-17-16(13-15)18(9-11-21(17,4)24-14-25)22(5)12-10-19(26-22)20(2,3)23-6/h13-14,16-19,23H,7-12H2,1-6H3,(H,24,25)/t16?,17-,18?,19+,21+,22-/m0/s1. The third kappa shape index (κ3) is 3.35. The Balaban J connectivity index is 1.86. The van der Waals surface area contributed by atoms with Gasteiger partial charge in [-0.3, -0.25) is 4.79 Å². The summed E-state index contributed by atoms with van der Waals surface area (Å²) in [6, 6.07) is 0. The molecule has 0 radical (unpaired) electrons. The molecular weight excluding hydrogens is 324 g/mol. The van der Waals surface area contributed by atoms with Crippen LogP contribution < -0.4 is 10.6 Å². The Bertz CT molecular complexity index is 572. The molecule has 1 aliphatic heterocycles. The molecule has 148 valence electrons. The van der Waals surface area contributed by atoms with E-state index in [0.717, 1.165) is 38.5 Å². The predicted octanol–water partition coefficient (Wildman–Crippen LogP) is 3.81. The lowest BCUT2D eigenvalue weighted by Gasteiger charge is -2.54. The molecule has 0 aromatic rings. The molecule has 1 amide bonds. The summed E-state index contributed by atoms with van der Waals surface area (Å²) in [6.07, 6.45) is 10.4. The van der Waals surface area contributed by atoms with Crippen LogP contribution in [0.4, 0.5) is 0 Å². The van der Waals surface area contributed by atoms with Gasteiger partial charge in [0.2, 0.25) is 6.41 Å². The van der Waals surface area contributed by atoms with Crippen molar-refractivity contribution < 1.29 is 9.53 Å². The van der Waals surface area contributed by atoms with Gasteiger partial charge in [-0.2, -0.15) is 0 Å². The highest BCUT2D eigenvalue weighted by atomic mass is 16.5. The van der Waals surface area contributed by atoms with E-state index in [-0.39, 0.29) is 22.8 Å². The summed E-state index contributed by atoms with van der Waals surface area (Å²) in [6.45, 7) is 11.3. The van der Waals surface area contributed by atoms with E-state index in [1.165, 1.54) is 12.0 Å². The Morgan fingerprint density at radius 1 is 1.19 bits per heavy atom. The fourth-order valence-electron chi connectivity index (χ4n) is 5.91. The van der Waals surface area contributed by atoms with Crippen LogP contribution in [0.2, 0.25) is 0 Å². The normalized spacial score (nSPS) is 43.5. The number of allylic oxidation sites excluding steroid dienone is 2. The van der Waals surface area contributed by atoms with Crippen LogP contribution in [0.15, 0.2) is 11.6 Å². The predicted molar refractivity (Wildman–Crippen MR) is 106 cm³/mol. The number of carbonyl (C=O) groups is 1. The molecule has 0 bridgehead atoms. The van der Waals surface area contributed by atoms with Crippen molar-refractivity contribution in [2.75, 3.05) is 7.05 Å². The summed E-state index contributed by atoms with van der Waals surface area (Å²) in [5, 5.41) is 6.61. The van der Waals surface area contributed by atoms with Gasteiger partial charge in [0.05, 0.1) is 11.7 Å². The van der Waals surface area contributed by atoms with Gasteiger partial charge in [-0.25, -0.2) is 0 Å². The summed E-state index contributed by atoms with van der Waals surface area (Å²) in [4.78, 5) is 11.2. The van der Waals surface area contributed by atoms with Crippen molar-refractivity contribution in [3.05, 3.63) is 11.6 Å². The molecule has 26 heavy (non-hydrogen) atoms. The van der Waals surface area contributed by atoms with Crippen LogP contribution in [0.1, 0.15) is 73.1 Å². The average molecular weight is 363 g/mol. The first kappa shape index (κ1) is 19.9. The molecule has 2 aliphatic carbocycles. The molecule has 4 nitrogen and oxygen atoms in total. The largest absolute Gasteiger partial charge is 0.370 e. The molecule has 3 rings (SSSR count). The Morgan fingerprint density at radius 3 is 2.58 bits per heavy atom. The van der Waals surface area contributed by atoms with Crippen LogP contribution in [-0.4, -0.2) is 36.2 Å². The van der Waals surface area contributed by atoms with E-state index in [1.54, 1.807) is 0 Å². The smallest absolute Gasteiger partial charge is 0.207 e. The molecule has 1 saturated carbocycles. The summed E-state index contributed by atoms with van der Waals surface area (Å²) in [7, 11) is 2.03. The van der Waals surface area contributed by atoms with E-state index in [0.29, 0.717) is 17.8 Å². The molecule has 0 aromatic carbocycles. The van der Waals surface area contributed by atoms with Crippen molar-refractivity contribution in [3.63, 3.8) is 0 Å². The van der Waals surface area contributed by atoms with Crippen LogP contribution >= 0.6 is 0 Å². The van der Waals surface area contributed by atoms with Crippen molar-refractivity contribution in [2.45, 2.75) is 95.9 Å². The van der Waals surface area contributed by atoms with E-state index >= 15 is 0 Å². The summed E-state index contributed by atoms with van der Waals surface area (Å²) in [5.74, 6) is 1.53. The Labute approximate surface area is 159 Å². The highest BCUT2D eigenvalue weighted by Gasteiger charge is 2.55. The second-order valence-electron chi connectivity index (χ2n) is 9.99. The zero-order chi connectivity index (χ0) is 19.2. The molecular formula is C22H38N2O2. The minimum atomic E-state index is -0.0846. The zero-order valence-corrected chi connectivity index (χ0v) is 17.5. The van der Waals surface area contributed by atoms with E-state index in [4.69, 9.17) is 4.74 Å². The second kappa shape index (κ2) is 6.94. The van der Waals surface area contributed by atoms with E-state index in [2.05, 4.69) is 51.3 Å². The number of amides is 1. The van der Waals surface area contributed by atoms with Gasteiger partial charge in [0.1, 0.15) is 0 Å². The van der Waals surface area contributed by atoms with Crippen LogP contribution in [-0.2, 0) is 9.53 Å². The van der Waals surface area contributed by atoms with E-state index in [1.807, 2.05) is 7.05 Å². The lowest BCUT2D eigenvalue weighted by Crippen LogP contribution is -2.59. The first-order chi connectivity index (χ1) is 12.1. The third-order valence-electron chi connectivity index (χ3n) is 7.99. The molecule has 6 atom stereocenters. The molecule has 2 N–H and O–H groups in total. The lowest BCUT2D eigenvalue weighted by molar-refractivity contribution is -0.127. The van der Waals surface area contributed by atoms with Crippen molar-refractivity contribution in [2.24, 2.45) is 17.8 Å². The first-order valence-electron chi connectivity index (χ1n) is 10.4. The topological polar surface area (TPSA) is 50.4 Å². The molecule has 0 spiro atoms. The summed E-state index contributed by atoms with van der Waals surface area (Å²) in [5.41, 5.74) is 1.34. The van der Waals surface area contributed by atoms with Crippen LogP contribution in [0.25, 0.3) is 0 Å². The monoisotopic (exact) mass is 362 g/mol. The fourth-order valence-corrected chi connectivity index (χ4v) is 5.91. The van der Waals surface area contributed by atoms with Crippen molar-refractivity contribution in [1.29, 1.82) is 0 Å². The lowest BCUT2D eigenvalue weighted by atomic mass is 9.56. The third-order valence-corrected chi connectivity index (χ3v) is 7.99. The SMILES string of the molecule is CNC(C)(C)[C@H]1CC[C@@](C)(C2CC[C@@](C)(NC=O)[C@H]3CCC(C)=CC23)O1. The van der Waals surface area contributed by atoms with Crippen molar-refractivity contribution >= 4 is 6.41 Å². The summed E-state index contributed by atoms with van der Waals surface area (Å²) >= 11 is 0. The molecule has 2 unspecified atom stereocenters. The molecule has 2 fully saturated rings. The molecule has 3 aliphatic rings. The van der Waals surface area contributed by atoms with Gasteiger partial charge < -0.3 is 15.4 Å². The highest BCUT2D eigenvalue weighted by Crippen LogP contribution is 2.54. The van der Waals surface area contributed by atoms with Gasteiger partial charge in [0.25, 0.3) is 0 Å². The number of ether oxygens (including phenoxy) is 1. The number of nitrogens with one attached hydrogen (secondary N) is 2. The second-order valence-corrected chi connectivity index (χ2v) is 9.99. The Morgan fingerprint density at radius 2 is 1.92 bits per heavy atom.